The molecule has 2 aromatic heterocycles. The average molecular weight is 375 g/mol. The fourth-order valence-corrected chi connectivity index (χ4v) is 4.51. The molecule has 0 atom stereocenters. The van der Waals surface area contributed by atoms with Crippen molar-refractivity contribution < 1.29 is 4.79 Å². The molecule has 1 aliphatic heterocycles. The Kier molecular flexibility index (Phi) is 3.89. The molecule has 3 aromatic rings. The van der Waals surface area contributed by atoms with Crippen LogP contribution in [0.3, 0.4) is 0 Å². The summed E-state index contributed by atoms with van der Waals surface area (Å²) in [5, 5.41) is 6.57. The molecule has 0 spiro atoms. The predicted octanol–water partition coefficient (Wildman–Crippen LogP) is 3.96. The van der Waals surface area contributed by atoms with E-state index in [0.717, 1.165) is 64.3 Å². The molecule has 144 valence electrons. The van der Waals surface area contributed by atoms with Crippen LogP contribution in [0.4, 0.5) is 5.82 Å². The lowest BCUT2D eigenvalue weighted by molar-refractivity contribution is 0.0946. The van der Waals surface area contributed by atoms with Gasteiger partial charge >= 0.3 is 0 Å². The molecule has 1 amide bonds. The van der Waals surface area contributed by atoms with E-state index >= 15 is 0 Å². The first-order valence-electron chi connectivity index (χ1n) is 10.1. The number of amides is 1. The lowest BCUT2D eigenvalue weighted by Crippen LogP contribution is -2.31. The van der Waals surface area contributed by atoms with Crippen molar-refractivity contribution in [3.05, 3.63) is 41.2 Å². The van der Waals surface area contributed by atoms with Crippen LogP contribution < -0.4 is 10.6 Å². The third-order valence-electron chi connectivity index (χ3n) is 6.09. The second kappa shape index (κ2) is 6.33. The highest BCUT2D eigenvalue weighted by Crippen LogP contribution is 2.34. The quantitative estimate of drug-likeness (QED) is 0.647. The van der Waals surface area contributed by atoms with Crippen molar-refractivity contribution in [2.24, 2.45) is 0 Å². The van der Waals surface area contributed by atoms with Gasteiger partial charge in [0.2, 0.25) is 0 Å². The van der Waals surface area contributed by atoms with E-state index < -0.39 is 0 Å². The molecule has 1 fully saturated rings. The number of nitrogens with zero attached hydrogens (tertiary/aromatic N) is 2. The van der Waals surface area contributed by atoms with Crippen molar-refractivity contribution in [2.45, 2.75) is 51.5 Å². The number of aryl methyl sites for hydroxylation is 1. The van der Waals surface area contributed by atoms with Gasteiger partial charge in [0.25, 0.3) is 5.91 Å². The van der Waals surface area contributed by atoms with E-state index in [0.29, 0.717) is 6.54 Å². The highest BCUT2D eigenvalue weighted by Gasteiger charge is 2.29. The number of anilines is 1. The van der Waals surface area contributed by atoms with Crippen LogP contribution >= 0.6 is 0 Å². The standard InChI is InChI=1S/C22H25N5O/c1-13-20(27-22(2)9-3-4-10-22)26-19-14(6-5-7-17(19)24-13)18-12-15-16(25-18)8-11-23-21(15)28/h5-7,12,25H,3-4,8-11H2,1-2H3,(H,23,28)(H,26,27). The molecule has 1 aromatic carbocycles. The van der Waals surface area contributed by atoms with Gasteiger partial charge in [0.1, 0.15) is 11.3 Å². The van der Waals surface area contributed by atoms with Gasteiger partial charge in [-0.2, -0.15) is 0 Å². The van der Waals surface area contributed by atoms with Crippen molar-refractivity contribution >= 4 is 22.8 Å². The summed E-state index contributed by atoms with van der Waals surface area (Å²) in [5.74, 6) is 0.848. The molecule has 1 aliphatic carbocycles. The summed E-state index contributed by atoms with van der Waals surface area (Å²) < 4.78 is 0. The zero-order chi connectivity index (χ0) is 19.3. The molecule has 0 radical (unpaired) electrons. The molecule has 0 bridgehead atoms. The Labute approximate surface area is 164 Å². The van der Waals surface area contributed by atoms with Crippen LogP contribution in [-0.2, 0) is 6.42 Å². The van der Waals surface area contributed by atoms with Gasteiger partial charge in [-0.1, -0.05) is 25.0 Å². The van der Waals surface area contributed by atoms with Crippen molar-refractivity contribution in [1.29, 1.82) is 0 Å². The van der Waals surface area contributed by atoms with Gasteiger partial charge in [0.05, 0.1) is 16.8 Å². The van der Waals surface area contributed by atoms with Crippen LogP contribution in [0.1, 0.15) is 54.4 Å². The Morgan fingerprint density at radius 2 is 1.96 bits per heavy atom. The number of fused-ring (bicyclic) bond motifs is 2. The van der Waals surface area contributed by atoms with Gasteiger partial charge in [-0.05, 0) is 38.8 Å². The Bertz CT molecular complexity index is 1080. The van der Waals surface area contributed by atoms with Crippen molar-refractivity contribution in [3.8, 4) is 11.3 Å². The number of aromatic nitrogens is 3. The molecular weight excluding hydrogens is 350 g/mol. The van der Waals surface area contributed by atoms with Gasteiger partial charge in [-0.3, -0.25) is 4.79 Å². The molecule has 5 rings (SSSR count). The molecule has 0 saturated heterocycles. The van der Waals surface area contributed by atoms with E-state index in [4.69, 9.17) is 9.97 Å². The molecule has 3 heterocycles. The third-order valence-corrected chi connectivity index (χ3v) is 6.09. The van der Waals surface area contributed by atoms with Crippen molar-refractivity contribution in [3.63, 3.8) is 0 Å². The molecule has 6 heteroatoms. The highest BCUT2D eigenvalue weighted by atomic mass is 16.1. The fraction of sp³-hybridized carbons (Fsp3) is 0.409. The maximum atomic E-state index is 12.2. The maximum absolute atomic E-state index is 12.2. The predicted molar refractivity (Wildman–Crippen MR) is 111 cm³/mol. The number of carbonyl (C=O) groups is 1. The zero-order valence-corrected chi connectivity index (χ0v) is 16.4. The van der Waals surface area contributed by atoms with Crippen LogP contribution in [0.15, 0.2) is 24.3 Å². The van der Waals surface area contributed by atoms with Crippen molar-refractivity contribution in [2.75, 3.05) is 11.9 Å². The second-order valence-corrected chi connectivity index (χ2v) is 8.30. The van der Waals surface area contributed by atoms with Gasteiger partial charge in [0, 0.05) is 35.5 Å². The number of benzene rings is 1. The van der Waals surface area contributed by atoms with E-state index in [2.05, 4.69) is 22.5 Å². The van der Waals surface area contributed by atoms with Crippen LogP contribution in [0.25, 0.3) is 22.3 Å². The van der Waals surface area contributed by atoms with Crippen LogP contribution in [0.5, 0.6) is 0 Å². The van der Waals surface area contributed by atoms with Gasteiger partial charge in [-0.25, -0.2) is 9.97 Å². The normalized spacial score (nSPS) is 18.1. The smallest absolute Gasteiger partial charge is 0.253 e. The number of carbonyl (C=O) groups excluding carboxylic acids is 1. The topological polar surface area (TPSA) is 82.7 Å². The number of H-pyrrole nitrogens is 1. The molecule has 28 heavy (non-hydrogen) atoms. The SMILES string of the molecule is Cc1nc2cccc(-c3cc4c([nH]3)CCNC4=O)c2nc1NC1(C)CCCC1. The Hall–Kier alpha value is -2.89. The number of para-hydroxylation sites is 1. The summed E-state index contributed by atoms with van der Waals surface area (Å²) in [7, 11) is 0. The number of hydrogen-bond acceptors (Lipinski definition) is 4. The van der Waals surface area contributed by atoms with Crippen LogP contribution in [-0.4, -0.2) is 32.9 Å². The minimum atomic E-state index is -0.0116. The lowest BCUT2D eigenvalue weighted by atomic mass is 10.0. The number of rotatable bonds is 3. The summed E-state index contributed by atoms with van der Waals surface area (Å²) in [4.78, 5) is 25.4. The lowest BCUT2D eigenvalue weighted by Gasteiger charge is -2.26. The Balaban J connectivity index is 1.62. The first-order valence-corrected chi connectivity index (χ1v) is 10.1. The molecule has 3 N–H and O–H groups in total. The van der Waals surface area contributed by atoms with Crippen molar-refractivity contribution in [1.82, 2.24) is 20.3 Å². The minimum absolute atomic E-state index is 0.0116. The van der Waals surface area contributed by atoms with E-state index in [9.17, 15) is 4.79 Å². The van der Waals surface area contributed by atoms with Gasteiger partial charge in [-0.15, -0.1) is 0 Å². The number of hydrogen-bond donors (Lipinski definition) is 3. The van der Waals surface area contributed by atoms with Crippen LogP contribution in [0, 0.1) is 6.92 Å². The summed E-state index contributed by atoms with van der Waals surface area (Å²) >= 11 is 0. The molecule has 0 unspecified atom stereocenters. The van der Waals surface area contributed by atoms with Gasteiger partial charge in [0.15, 0.2) is 0 Å². The maximum Gasteiger partial charge on any atom is 0.253 e. The molecule has 2 aliphatic rings. The first-order chi connectivity index (χ1) is 13.5. The second-order valence-electron chi connectivity index (χ2n) is 8.30. The number of nitrogens with one attached hydrogen (secondary N) is 3. The fourth-order valence-electron chi connectivity index (χ4n) is 4.51. The molecule has 6 nitrogen and oxygen atoms in total. The minimum Gasteiger partial charge on any atom is -0.363 e. The third kappa shape index (κ3) is 2.84. The Morgan fingerprint density at radius 3 is 2.75 bits per heavy atom. The molecule has 1 saturated carbocycles. The summed E-state index contributed by atoms with van der Waals surface area (Å²) in [6.07, 6.45) is 5.65. The summed E-state index contributed by atoms with van der Waals surface area (Å²) in [5.41, 5.74) is 6.36. The summed E-state index contributed by atoms with van der Waals surface area (Å²) in [6, 6.07) is 7.97. The largest absolute Gasteiger partial charge is 0.363 e. The van der Waals surface area contributed by atoms with Gasteiger partial charge < -0.3 is 15.6 Å². The first kappa shape index (κ1) is 17.2. The van der Waals surface area contributed by atoms with E-state index in [1.807, 2.05) is 31.2 Å². The monoisotopic (exact) mass is 375 g/mol. The average Bonchev–Trinajstić information content (AvgIpc) is 3.29. The Morgan fingerprint density at radius 1 is 1.14 bits per heavy atom. The zero-order valence-electron chi connectivity index (χ0n) is 16.4. The van der Waals surface area contributed by atoms with E-state index in [1.165, 1.54) is 12.8 Å². The van der Waals surface area contributed by atoms with Crippen LogP contribution in [0.2, 0.25) is 0 Å². The summed E-state index contributed by atoms with van der Waals surface area (Å²) in [6.45, 7) is 4.96. The molecular formula is C22H25N5O. The number of aromatic amines is 1. The van der Waals surface area contributed by atoms with E-state index in [-0.39, 0.29) is 11.4 Å². The highest BCUT2D eigenvalue weighted by molar-refractivity contribution is 5.99. The van der Waals surface area contributed by atoms with E-state index in [1.54, 1.807) is 0 Å².